The molecule has 0 aliphatic heterocycles. The summed E-state index contributed by atoms with van der Waals surface area (Å²) in [6, 6.07) is 8.87. The fourth-order valence-corrected chi connectivity index (χ4v) is 2.09. The number of aryl methyl sites for hydroxylation is 1. The van der Waals surface area contributed by atoms with Gasteiger partial charge in [0.1, 0.15) is 11.5 Å². The normalized spacial score (nSPS) is 10.7. The van der Waals surface area contributed by atoms with Crippen molar-refractivity contribution in [3.8, 4) is 22.5 Å². The molecule has 0 aliphatic carbocycles. The maximum absolute atomic E-state index is 11.5. The zero-order chi connectivity index (χ0) is 14.1. The van der Waals surface area contributed by atoms with E-state index in [9.17, 15) is 4.79 Å². The van der Waals surface area contributed by atoms with Crippen LogP contribution >= 0.6 is 0 Å². The SMILES string of the molecule is Cn1nc(-c2cc[nH]c(=O)c2)c(-c2ccccn2)c1N. The lowest BCUT2D eigenvalue weighted by Gasteiger charge is -2.02. The van der Waals surface area contributed by atoms with E-state index in [2.05, 4.69) is 15.1 Å². The fraction of sp³-hybridized carbons (Fsp3) is 0.0714. The molecule has 100 valence electrons. The van der Waals surface area contributed by atoms with Crippen LogP contribution in [0.5, 0.6) is 0 Å². The lowest BCUT2D eigenvalue weighted by Crippen LogP contribution is -2.02. The lowest BCUT2D eigenvalue weighted by molar-refractivity contribution is 0.782. The van der Waals surface area contributed by atoms with Crippen LogP contribution in [0.25, 0.3) is 22.5 Å². The van der Waals surface area contributed by atoms with E-state index in [-0.39, 0.29) is 5.56 Å². The molecule has 6 nitrogen and oxygen atoms in total. The summed E-state index contributed by atoms with van der Waals surface area (Å²) in [5, 5.41) is 4.40. The van der Waals surface area contributed by atoms with Gasteiger partial charge in [0.2, 0.25) is 5.56 Å². The summed E-state index contributed by atoms with van der Waals surface area (Å²) in [5.41, 5.74) is 8.73. The Bertz CT molecular complexity index is 804. The first kappa shape index (κ1) is 12.2. The van der Waals surface area contributed by atoms with Crippen LogP contribution in [0.1, 0.15) is 0 Å². The van der Waals surface area contributed by atoms with E-state index in [1.54, 1.807) is 30.2 Å². The molecule has 3 aromatic rings. The molecule has 3 aromatic heterocycles. The molecule has 0 bridgehead atoms. The van der Waals surface area contributed by atoms with Gasteiger partial charge in [0.25, 0.3) is 0 Å². The van der Waals surface area contributed by atoms with Gasteiger partial charge in [0.05, 0.1) is 11.3 Å². The van der Waals surface area contributed by atoms with Gasteiger partial charge in [-0.15, -0.1) is 0 Å². The van der Waals surface area contributed by atoms with E-state index < -0.39 is 0 Å². The van der Waals surface area contributed by atoms with Gasteiger partial charge in [-0.3, -0.25) is 14.5 Å². The van der Waals surface area contributed by atoms with Crippen molar-refractivity contribution in [2.75, 3.05) is 5.73 Å². The lowest BCUT2D eigenvalue weighted by atomic mass is 10.1. The molecule has 6 heteroatoms. The Morgan fingerprint density at radius 3 is 2.85 bits per heavy atom. The molecule has 0 unspecified atom stereocenters. The summed E-state index contributed by atoms with van der Waals surface area (Å²) in [6.45, 7) is 0. The van der Waals surface area contributed by atoms with E-state index in [1.165, 1.54) is 6.07 Å². The number of hydrogen-bond acceptors (Lipinski definition) is 4. The molecule has 0 atom stereocenters. The number of nitrogens with two attached hydrogens (primary N) is 1. The van der Waals surface area contributed by atoms with Gasteiger partial charge in [-0.05, 0) is 18.2 Å². The minimum atomic E-state index is -0.182. The van der Waals surface area contributed by atoms with E-state index >= 15 is 0 Å². The van der Waals surface area contributed by atoms with Gasteiger partial charge in [0, 0.05) is 31.1 Å². The van der Waals surface area contributed by atoms with Crippen molar-refractivity contribution in [3.63, 3.8) is 0 Å². The molecule has 0 saturated carbocycles. The van der Waals surface area contributed by atoms with Crippen molar-refractivity contribution in [2.24, 2.45) is 7.05 Å². The summed E-state index contributed by atoms with van der Waals surface area (Å²) < 4.78 is 1.58. The Morgan fingerprint density at radius 2 is 2.15 bits per heavy atom. The standard InChI is InChI=1S/C14H13N5O/c1-19-14(15)12(10-4-2-3-6-16-10)13(18-19)9-5-7-17-11(20)8-9/h2-8H,15H2,1H3,(H,17,20). The van der Waals surface area contributed by atoms with E-state index in [4.69, 9.17) is 5.73 Å². The summed E-state index contributed by atoms with van der Waals surface area (Å²) >= 11 is 0. The Hall–Kier alpha value is -2.89. The fourth-order valence-electron chi connectivity index (χ4n) is 2.09. The molecule has 0 amide bonds. The first-order valence-corrected chi connectivity index (χ1v) is 6.10. The van der Waals surface area contributed by atoms with E-state index in [0.29, 0.717) is 17.1 Å². The van der Waals surface area contributed by atoms with Gasteiger partial charge in [0.15, 0.2) is 0 Å². The second kappa shape index (κ2) is 4.65. The third-order valence-corrected chi connectivity index (χ3v) is 3.06. The van der Waals surface area contributed by atoms with Crippen molar-refractivity contribution < 1.29 is 0 Å². The number of aromatic nitrogens is 4. The Morgan fingerprint density at radius 1 is 1.30 bits per heavy atom. The van der Waals surface area contributed by atoms with Crippen LogP contribution in [0.3, 0.4) is 0 Å². The third-order valence-electron chi connectivity index (χ3n) is 3.06. The number of hydrogen-bond donors (Lipinski definition) is 2. The van der Waals surface area contributed by atoms with Crippen LogP contribution in [-0.2, 0) is 7.05 Å². The van der Waals surface area contributed by atoms with Crippen molar-refractivity contribution in [2.45, 2.75) is 0 Å². The minimum absolute atomic E-state index is 0.182. The number of aromatic amines is 1. The monoisotopic (exact) mass is 267 g/mol. The first-order valence-electron chi connectivity index (χ1n) is 6.10. The first-order chi connectivity index (χ1) is 9.66. The molecular formula is C14H13N5O. The van der Waals surface area contributed by atoms with Crippen LogP contribution in [0.15, 0.2) is 47.5 Å². The second-order valence-electron chi connectivity index (χ2n) is 4.39. The maximum Gasteiger partial charge on any atom is 0.248 e. The van der Waals surface area contributed by atoms with E-state index in [1.807, 2.05) is 18.2 Å². The van der Waals surface area contributed by atoms with Gasteiger partial charge < -0.3 is 10.7 Å². The van der Waals surface area contributed by atoms with Gasteiger partial charge in [-0.25, -0.2) is 0 Å². The van der Waals surface area contributed by atoms with Gasteiger partial charge in [-0.1, -0.05) is 6.07 Å². The molecule has 20 heavy (non-hydrogen) atoms. The van der Waals surface area contributed by atoms with Gasteiger partial charge >= 0.3 is 0 Å². The van der Waals surface area contributed by atoms with Gasteiger partial charge in [-0.2, -0.15) is 5.10 Å². The molecule has 3 N–H and O–H groups in total. The minimum Gasteiger partial charge on any atom is -0.383 e. The second-order valence-corrected chi connectivity index (χ2v) is 4.39. The Labute approximate surface area is 114 Å². The van der Waals surface area contributed by atoms with Crippen LogP contribution < -0.4 is 11.3 Å². The largest absolute Gasteiger partial charge is 0.383 e. The Kier molecular flexibility index (Phi) is 2.83. The summed E-state index contributed by atoms with van der Waals surface area (Å²) in [4.78, 5) is 18.4. The van der Waals surface area contributed by atoms with Crippen molar-refractivity contribution in [3.05, 3.63) is 53.1 Å². The summed E-state index contributed by atoms with van der Waals surface area (Å²) in [7, 11) is 1.76. The zero-order valence-corrected chi connectivity index (χ0v) is 10.9. The number of nitrogen functional groups attached to an aromatic ring is 1. The highest BCUT2D eigenvalue weighted by atomic mass is 16.1. The Balaban J connectivity index is 2.28. The predicted octanol–water partition coefficient (Wildman–Crippen LogP) is 1.42. The zero-order valence-electron chi connectivity index (χ0n) is 10.9. The number of nitrogens with one attached hydrogen (secondary N) is 1. The quantitative estimate of drug-likeness (QED) is 0.734. The third kappa shape index (κ3) is 1.97. The number of H-pyrrole nitrogens is 1. The summed E-state index contributed by atoms with van der Waals surface area (Å²) in [5.74, 6) is 0.513. The smallest absolute Gasteiger partial charge is 0.248 e. The van der Waals surface area contributed by atoms with Crippen molar-refractivity contribution in [1.82, 2.24) is 19.7 Å². The molecule has 0 fully saturated rings. The molecule has 3 rings (SSSR count). The number of rotatable bonds is 2. The molecule has 0 aromatic carbocycles. The van der Waals surface area contributed by atoms with Crippen molar-refractivity contribution >= 4 is 5.82 Å². The number of nitrogens with zero attached hydrogens (tertiary/aromatic N) is 3. The molecule has 0 spiro atoms. The highest BCUT2D eigenvalue weighted by molar-refractivity contribution is 5.86. The highest BCUT2D eigenvalue weighted by Crippen LogP contribution is 2.33. The molecular weight excluding hydrogens is 254 g/mol. The average molecular weight is 267 g/mol. The molecule has 0 saturated heterocycles. The maximum atomic E-state index is 11.5. The number of pyridine rings is 2. The van der Waals surface area contributed by atoms with Crippen LogP contribution in [0.2, 0.25) is 0 Å². The van der Waals surface area contributed by atoms with Crippen LogP contribution in [0.4, 0.5) is 5.82 Å². The summed E-state index contributed by atoms with van der Waals surface area (Å²) in [6.07, 6.45) is 3.29. The molecule has 0 radical (unpaired) electrons. The van der Waals surface area contributed by atoms with Crippen LogP contribution in [-0.4, -0.2) is 19.7 Å². The topological polar surface area (TPSA) is 89.6 Å². The van der Waals surface area contributed by atoms with Crippen LogP contribution in [0, 0.1) is 0 Å². The van der Waals surface area contributed by atoms with E-state index in [0.717, 1.165) is 11.3 Å². The molecule has 0 aliphatic rings. The predicted molar refractivity (Wildman–Crippen MR) is 76.9 cm³/mol. The average Bonchev–Trinajstić information content (AvgIpc) is 2.76. The molecule has 3 heterocycles. The van der Waals surface area contributed by atoms with Crippen molar-refractivity contribution in [1.29, 1.82) is 0 Å². The number of anilines is 1. The highest BCUT2D eigenvalue weighted by Gasteiger charge is 2.18.